The quantitative estimate of drug-likeness (QED) is 0.824. The van der Waals surface area contributed by atoms with E-state index in [0.29, 0.717) is 0 Å². The minimum atomic E-state index is -4.50. The van der Waals surface area contributed by atoms with Crippen LogP contribution in [0, 0.1) is 0 Å². The number of alkyl halides is 3. The number of rotatable bonds is 4. The lowest BCUT2D eigenvalue weighted by molar-refractivity contribution is -0.166. The van der Waals surface area contributed by atoms with Crippen molar-refractivity contribution in [3.05, 3.63) is 35.4 Å². The number of ether oxygens (including phenoxy) is 1. The van der Waals surface area contributed by atoms with Crippen LogP contribution in [0.2, 0.25) is 0 Å². The summed E-state index contributed by atoms with van der Waals surface area (Å²) in [5.41, 5.74) is -0.906. The van der Waals surface area contributed by atoms with Crippen molar-refractivity contribution in [3.63, 3.8) is 0 Å². The van der Waals surface area contributed by atoms with Crippen LogP contribution in [-0.4, -0.2) is 59.6 Å². The lowest BCUT2D eigenvalue weighted by atomic mass is 10.1. The molecular weight excluding hydrogens is 357 g/mol. The average Bonchev–Trinajstić information content (AvgIpc) is 2.58. The Bertz CT molecular complexity index is 690. The van der Waals surface area contributed by atoms with Gasteiger partial charge in [0.25, 0.3) is 5.91 Å². The van der Waals surface area contributed by atoms with E-state index in [-0.39, 0.29) is 18.7 Å². The van der Waals surface area contributed by atoms with E-state index >= 15 is 0 Å². The highest BCUT2D eigenvalue weighted by atomic mass is 19.4. The Kier molecular flexibility index (Phi) is 5.86. The minimum Gasteiger partial charge on any atom is -0.479 e. The number of benzene rings is 1. The van der Waals surface area contributed by atoms with Crippen LogP contribution >= 0.6 is 0 Å². The zero-order chi connectivity index (χ0) is 19.5. The molecule has 0 aromatic heterocycles. The monoisotopic (exact) mass is 374 g/mol. The number of halogens is 3. The molecule has 2 atom stereocenters. The largest absolute Gasteiger partial charge is 0.479 e. The van der Waals surface area contributed by atoms with Crippen LogP contribution in [0.4, 0.5) is 13.2 Å². The van der Waals surface area contributed by atoms with Gasteiger partial charge in [0.15, 0.2) is 6.10 Å². The summed E-state index contributed by atoms with van der Waals surface area (Å²) < 4.78 is 42.7. The summed E-state index contributed by atoms with van der Waals surface area (Å²) >= 11 is 0. The number of hydrogen-bond donors (Lipinski definition) is 2. The SMILES string of the molecule is C[C@@H]1CN(C(=O)CNC(=O)c2ccc(C(F)(F)F)cc2)CC(C(=O)O)O1. The molecule has 0 aliphatic carbocycles. The molecule has 2 N–H and O–H groups in total. The Balaban J connectivity index is 1.92. The van der Waals surface area contributed by atoms with Crippen LogP contribution in [0.5, 0.6) is 0 Å². The Morgan fingerprint density at radius 1 is 1.23 bits per heavy atom. The van der Waals surface area contributed by atoms with E-state index in [1.807, 2.05) is 0 Å². The van der Waals surface area contributed by atoms with E-state index < -0.39 is 48.3 Å². The number of carbonyl (C=O) groups excluding carboxylic acids is 2. The normalized spacial score (nSPS) is 20.5. The van der Waals surface area contributed by atoms with Gasteiger partial charge in [0.1, 0.15) is 0 Å². The van der Waals surface area contributed by atoms with Gasteiger partial charge in [-0.2, -0.15) is 13.2 Å². The molecule has 0 saturated carbocycles. The minimum absolute atomic E-state index is 0.0236. The first-order valence-electron chi connectivity index (χ1n) is 7.69. The van der Waals surface area contributed by atoms with Gasteiger partial charge in [-0.3, -0.25) is 9.59 Å². The van der Waals surface area contributed by atoms with Crippen LogP contribution < -0.4 is 5.32 Å². The van der Waals surface area contributed by atoms with Crippen LogP contribution in [0.1, 0.15) is 22.8 Å². The summed E-state index contributed by atoms with van der Waals surface area (Å²) in [7, 11) is 0. The van der Waals surface area contributed by atoms with Crippen LogP contribution in [0.15, 0.2) is 24.3 Å². The second-order valence-corrected chi connectivity index (χ2v) is 5.83. The molecule has 0 spiro atoms. The first-order valence-corrected chi connectivity index (χ1v) is 7.69. The van der Waals surface area contributed by atoms with Crippen LogP contribution in [0.3, 0.4) is 0 Å². The maximum absolute atomic E-state index is 12.5. The van der Waals surface area contributed by atoms with Crippen molar-refractivity contribution in [2.24, 2.45) is 0 Å². The first kappa shape index (κ1) is 19.7. The van der Waals surface area contributed by atoms with Crippen LogP contribution in [0.25, 0.3) is 0 Å². The summed E-state index contributed by atoms with van der Waals surface area (Å²) in [6, 6.07) is 3.58. The highest BCUT2D eigenvalue weighted by Crippen LogP contribution is 2.29. The molecule has 1 fully saturated rings. The number of carboxylic acids is 1. The van der Waals surface area contributed by atoms with Gasteiger partial charge in [-0.15, -0.1) is 0 Å². The van der Waals surface area contributed by atoms with Crippen molar-refractivity contribution >= 4 is 17.8 Å². The van der Waals surface area contributed by atoms with E-state index in [1.165, 1.54) is 4.90 Å². The average molecular weight is 374 g/mol. The third-order valence-electron chi connectivity index (χ3n) is 3.76. The second-order valence-electron chi connectivity index (χ2n) is 5.83. The fraction of sp³-hybridized carbons (Fsp3) is 0.438. The number of nitrogens with zero attached hydrogens (tertiary/aromatic N) is 1. The third kappa shape index (κ3) is 4.94. The number of nitrogens with one attached hydrogen (secondary N) is 1. The molecule has 0 radical (unpaired) electrons. The molecule has 0 bridgehead atoms. The molecule has 142 valence electrons. The molecule has 1 heterocycles. The van der Waals surface area contributed by atoms with E-state index in [1.54, 1.807) is 6.92 Å². The maximum atomic E-state index is 12.5. The van der Waals surface area contributed by atoms with Gasteiger partial charge >= 0.3 is 12.1 Å². The van der Waals surface area contributed by atoms with Gasteiger partial charge in [0, 0.05) is 12.1 Å². The number of carboxylic acid groups (broad SMARTS) is 1. The van der Waals surface area contributed by atoms with Gasteiger partial charge in [-0.05, 0) is 31.2 Å². The molecule has 7 nitrogen and oxygen atoms in total. The molecule has 2 rings (SSSR count). The molecule has 1 unspecified atom stereocenters. The Labute approximate surface area is 146 Å². The van der Waals surface area contributed by atoms with E-state index in [2.05, 4.69) is 5.32 Å². The number of amides is 2. The predicted octanol–water partition coefficient (Wildman–Crippen LogP) is 1.14. The molecule has 1 aromatic carbocycles. The van der Waals surface area contributed by atoms with Gasteiger partial charge in [0.2, 0.25) is 5.91 Å². The van der Waals surface area contributed by atoms with E-state index in [4.69, 9.17) is 9.84 Å². The number of aliphatic carboxylic acids is 1. The van der Waals surface area contributed by atoms with Gasteiger partial charge in [0.05, 0.1) is 24.8 Å². The van der Waals surface area contributed by atoms with E-state index in [0.717, 1.165) is 24.3 Å². The predicted molar refractivity (Wildman–Crippen MR) is 82.3 cm³/mol. The molecule has 10 heteroatoms. The summed E-state index contributed by atoms with van der Waals surface area (Å²) in [5, 5.41) is 11.3. The Hall–Kier alpha value is -2.62. The van der Waals surface area contributed by atoms with Gasteiger partial charge in [-0.25, -0.2) is 4.79 Å². The second kappa shape index (κ2) is 7.73. The third-order valence-corrected chi connectivity index (χ3v) is 3.76. The lowest BCUT2D eigenvalue weighted by Crippen LogP contribution is -2.53. The maximum Gasteiger partial charge on any atom is 0.416 e. The molecule has 1 aliphatic rings. The number of hydrogen-bond acceptors (Lipinski definition) is 4. The molecule has 2 amide bonds. The summed E-state index contributed by atoms with van der Waals surface area (Å²) in [6.45, 7) is 1.25. The van der Waals surface area contributed by atoms with Crippen molar-refractivity contribution in [2.75, 3.05) is 19.6 Å². The van der Waals surface area contributed by atoms with Crippen molar-refractivity contribution in [1.29, 1.82) is 0 Å². The smallest absolute Gasteiger partial charge is 0.416 e. The van der Waals surface area contributed by atoms with Crippen molar-refractivity contribution in [1.82, 2.24) is 10.2 Å². The Morgan fingerprint density at radius 2 is 1.85 bits per heavy atom. The fourth-order valence-corrected chi connectivity index (χ4v) is 2.47. The standard InChI is InChI=1S/C16H17F3N2O5/c1-9-7-21(8-12(26-9)15(24)25)13(22)6-20-14(23)10-2-4-11(5-3-10)16(17,18)19/h2-5,9,12H,6-8H2,1H3,(H,20,23)(H,24,25)/t9-,12?/m1/s1. The molecular formula is C16H17F3N2O5. The van der Waals surface area contributed by atoms with Crippen molar-refractivity contribution < 1.29 is 37.4 Å². The highest BCUT2D eigenvalue weighted by Gasteiger charge is 2.33. The topological polar surface area (TPSA) is 95.9 Å². The van der Waals surface area contributed by atoms with Crippen LogP contribution in [-0.2, 0) is 20.5 Å². The van der Waals surface area contributed by atoms with Crippen molar-refractivity contribution in [3.8, 4) is 0 Å². The summed E-state index contributed by atoms with van der Waals surface area (Å²) in [4.78, 5) is 36.4. The summed E-state index contributed by atoms with van der Waals surface area (Å²) in [5.74, 6) is -2.40. The number of carbonyl (C=O) groups is 3. The fourth-order valence-electron chi connectivity index (χ4n) is 2.47. The van der Waals surface area contributed by atoms with Crippen molar-refractivity contribution in [2.45, 2.75) is 25.3 Å². The number of morpholine rings is 1. The zero-order valence-corrected chi connectivity index (χ0v) is 13.7. The zero-order valence-electron chi connectivity index (χ0n) is 13.7. The molecule has 1 aromatic rings. The van der Waals surface area contributed by atoms with Gasteiger partial charge in [-0.1, -0.05) is 0 Å². The van der Waals surface area contributed by atoms with Gasteiger partial charge < -0.3 is 20.1 Å². The first-order chi connectivity index (χ1) is 12.1. The lowest BCUT2D eigenvalue weighted by Gasteiger charge is -2.34. The summed E-state index contributed by atoms with van der Waals surface area (Å²) in [6.07, 6.45) is -6.12. The molecule has 1 saturated heterocycles. The van der Waals surface area contributed by atoms with E-state index in [9.17, 15) is 27.6 Å². The molecule has 26 heavy (non-hydrogen) atoms. The Morgan fingerprint density at radius 3 is 2.38 bits per heavy atom. The highest BCUT2D eigenvalue weighted by molar-refractivity contribution is 5.96. The molecule has 1 aliphatic heterocycles.